The van der Waals surface area contributed by atoms with E-state index >= 15 is 0 Å². The Morgan fingerprint density at radius 2 is 1.79 bits per heavy atom. The SMILES string of the molecule is C=CCn1c(SCc2ccc(F)cc2)nnc1C(C)Oc1ccc(OC)cc1. The largest absolute Gasteiger partial charge is 0.497 e. The topological polar surface area (TPSA) is 49.2 Å². The third kappa shape index (κ3) is 4.92. The van der Waals surface area contributed by atoms with Crippen LogP contribution in [0.3, 0.4) is 0 Å². The second-order valence-electron chi connectivity index (χ2n) is 6.09. The third-order valence-corrected chi connectivity index (χ3v) is 5.11. The minimum absolute atomic E-state index is 0.240. The first-order chi connectivity index (χ1) is 13.6. The van der Waals surface area contributed by atoms with Crippen molar-refractivity contribution in [2.45, 2.75) is 30.5 Å². The molecule has 0 saturated heterocycles. The van der Waals surface area contributed by atoms with Gasteiger partial charge >= 0.3 is 0 Å². The fourth-order valence-corrected chi connectivity index (χ4v) is 3.56. The molecule has 0 saturated carbocycles. The second-order valence-corrected chi connectivity index (χ2v) is 7.03. The molecule has 7 heteroatoms. The maximum atomic E-state index is 13.1. The van der Waals surface area contributed by atoms with Gasteiger partial charge in [-0.25, -0.2) is 4.39 Å². The highest BCUT2D eigenvalue weighted by molar-refractivity contribution is 7.98. The van der Waals surface area contributed by atoms with Crippen molar-refractivity contribution in [2.75, 3.05) is 7.11 Å². The number of ether oxygens (including phenoxy) is 2. The Bertz CT molecular complexity index is 910. The lowest BCUT2D eigenvalue weighted by molar-refractivity contribution is 0.210. The van der Waals surface area contributed by atoms with Gasteiger partial charge in [-0.3, -0.25) is 4.57 Å². The van der Waals surface area contributed by atoms with E-state index in [1.807, 2.05) is 35.8 Å². The van der Waals surface area contributed by atoms with Crippen LogP contribution in [0.4, 0.5) is 4.39 Å². The molecule has 0 bridgehead atoms. The number of nitrogens with zero attached hydrogens (tertiary/aromatic N) is 3. The number of hydrogen-bond acceptors (Lipinski definition) is 5. The summed E-state index contributed by atoms with van der Waals surface area (Å²) in [4.78, 5) is 0. The van der Waals surface area contributed by atoms with E-state index in [-0.39, 0.29) is 11.9 Å². The van der Waals surface area contributed by atoms with Crippen molar-refractivity contribution in [3.8, 4) is 11.5 Å². The van der Waals surface area contributed by atoms with E-state index in [1.165, 1.54) is 12.1 Å². The van der Waals surface area contributed by atoms with Crippen molar-refractivity contribution < 1.29 is 13.9 Å². The van der Waals surface area contributed by atoms with E-state index in [0.29, 0.717) is 12.3 Å². The van der Waals surface area contributed by atoms with Crippen LogP contribution >= 0.6 is 11.8 Å². The number of benzene rings is 2. The molecule has 0 aliphatic carbocycles. The summed E-state index contributed by atoms with van der Waals surface area (Å²) in [5.41, 5.74) is 1.02. The van der Waals surface area contributed by atoms with Gasteiger partial charge in [-0.1, -0.05) is 30.0 Å². The maximum Gasteiger partial charge on any atom is 0.191 e. The van der Waals surface area contributed by atoms with Crippen molar-refractivity contribution in [2.24, 2.45) is 0 Å². The minimum atomic E-state index is -0.291. The number of halogens is 1. The Kier molecular flexibility index (Phi) is 6.71. The molecule has 0 fully saturated rings. The number of thioether (sulfide) groups is 1. The van der Waals surface area contributed by atoms with Gasteiger partial charge in [-0.2, -0.15) is 0 Å². The molecular weight excluding hydrogens is 377 g/mol. The maximum absolute atomic E-state index is 13.1. The molecule has 0 N–H and O–H groups in total. The van der Waals surface area contributed by atoms with Gasteiger partial charge in [0, 0.05) is 12.3 Å². The molecule has 1 atom stereocenters. The molecule has 0 aliphatic heterocycles. The van der Waals surface area contributed by atoms with Crippen LogP contribution in [0.2, 0.25) is 0 Å². The zero-order valence-corrected chi connectivity index (χ0v) is 16.7. The molecule has 1 heterocycles. The van der Waals surface area contributed by atoms with Gasteiger partial charge in [-0.05, 0) is 48.9 Å². The number of aromatic nitrogens is 3. The van der Waals surface area contributed by atoms with Crippen LogP contribution in [-0.4, -0.2) is 21.9 Å². The Balaban J connectivity index is 1.72. The molecule has 3 aromatic rings. The van der Waals surface area contributed by atoms with Gasteiger partial charge in [-0.15, -0.1) is 16.8 Å². The van der Waals surface area contributed by atoms with Gasteiger partial charge in [0.1, 0.15) is 17.3 Å². The molecule has 0 amide bonds. The van der Waals surface area contributed by atoms with Crippen molar-refractivity contribution in [3.63, 3.8) is 0 Å². The highest BCUT2D eigenvalue weighted by atomic mass is 32.2. The molecule has 1 unspecified atom stereocenters. The van der Waals surface area contributed by atoms with E-state index in [0.717, 1.165) is 28.0 Å². The van der Waals surface area contributed by atoms with Crippen molar-refractivity contribution >= 4 is 11.8 Å². The highest BCUT2D eigenvalue weighted by Crippen LogP contribution is 2.27. The summed E-state index contributed by atoms with van der Waals surface area (Å²) in [6, 6.07) is 13.9. The van der Waals surface area contributed by atoms with Crippen LogP contribution in [0.1, 0.15) is 24.4 Å². The normalized spacial score (nSPS) is 11.8. The zero-order chi connectivity index (χ0) is 19.9. The molecule has 28 heavy (non-hydrogen) atoms. The fourth-order valence-electron chi connectivity index (χ4n) is 2.65. The van der Waals surface area contributed by atoms with E-state index in [9.17, 15) is 4.39 Å². The van der Waals surface area contributed by atoms with Gasteiger partial charge in [0.15, 0.2) is 17.1 Å². The van der Waals surface area contributed by atoms with E-state index in [2.05, 4.69) is 16.8 Å². The lowest BCUT2D eigenvalue weighted by Crippen LogP contribution is -2.12. The lowest BCUT2D eigenvalue weighted by Gasteiger charge is -2.16. The van der Waals surface area contributed by atoms with Gasteiger partial charge in [0.25, 0.3) is 0 Å². The van der Waals surface area contributed by atoms with Crippen LogP contribution in [0.25, 0.3) is 0 Å². The standard InChI is InChI=1S/C21H22FN3O2S/c1-4-13-25-20(15(2)27-19-11-9-18(26-3)10-12-19)23-24-21(25)28-14-16-5-7-17(22)8-6-16/h4-12,15H,1,13-14H2,2-3H3. The van der Waals surface area contributed by atoms with E-state index in [4.69, 9.17) is 9.47 Å². The predicted octanol–water partition coefficient (Wildman–Crippen LogP) is 5.04. The zero-order valence-electron chi connectivity index (χ0n) is 15.8. The van der Waals surface area contributed by atoms with E-state index in [1.54, 1.807) is 37.1 Å². The Labute approximate surface area is 168 Å². The lowest BCUT2D eigenvalue weighted by atomic mass is 10.2. The number of hydrogen-bond donors (Lipinski definition) is 0. The summed E-state index contributed by atoms with van der Waals surface area (Å²) in [6.07, 6.45) is 1.51. The summed E-state index contributed by atoms with van der Waals surface area (Å²) in [5, 5.41) is 9.41. The summed E-state index contributed by atoms with van der Waals surface area (Å²) >= 11 is 1.54. The molecule has 1 aromatic heterocycles. The summed E-state index contributed by atoms with van der Waals surface area (Å²) in [6.45, 7) is 6.33. The molecular formula is C21H22FN3O2S. The number of methoxy groups -OCH3 is 1. The fraction of sp³-hybridized carbons (Fsp3) is 0.238. The van der Waals surface area contributed by atoms with Gasteiger partial charge in [0.05, 0.1) is 7.11 Å². The van der Waals surface area contributed by atoms with Crippen LogP contribution in [0, 0.1) is 5.82 Å². The smallest absolute Gasteiger partial charge is 0.191 e. The van der Waals surface area contributed by atoms with Crippen molar-refractivity contribution in [1.82, 2.24) is 14.8 Å². The molecule has 0 spiro atoms. The number of rotatable bonds is 9. The Morgan fingerprint density at radius 3 is 2.43 bits per heavy atom. The average Bonchev–Trinajstić information content (AvgIpc) is 3.11. The molecule has 2 aromatic carbocycles. The highest BCUT2D eigenvalue weighted by Gasteiger charge is 2.19. The first kappa shape index (κ1) is 19.9. The van der Waals surface area contributed by atoms with Gasteiger partial charge < -0.3 is 9.47 Å². The Hall–Kier alpha value is -2.80. The predicted molar refractivity (Wildman–Crippen MR) is 108 cm³/mol. The quantitative estimate of drug-likeness (QED) is 0.372. The summed E-state index contributed by atoms with van der Waals surface area (Å²) in [7, 11) is 1.63. The number of allylic oxidation sites excluding steroid dienone is 1. The summed E-state index contributed by atoms with van der Waals surface area (Å²) in [5.74, 6) is 2.65. The van der Waals surface area contributed by atoms with Crippen molar-refractivity contribution in [1.29, 1.82) is 0 Å². The Morgan fingerprint density at radius 1 is 1.11 bits per heavy atom. The second kappa shape index (κ2) is 9.41. The van der Waals surface area contributed by atoms with Crippen molar-refractivity contribution in [3.05, 3.63) is 78.4 Å². The third-order valence-electron chi connectivity index (χ3n) is 4.07. The average molecular weight is 399 g/mol. The van der Waals surface area contributed by atoms with E-state index < -0.39 is 0 Å². The van der Waals surface area contributed by atoms with Crippen LogP contribution < -0.4 is 9.47 Å². The molecule has 0 aliphatic rings. The molecule has 3 rings (SSSR count). The first-order valence-electron chi connectivity index (χ1n) is 8.82. The summed E-state index contributed by atoms with van der Waals surface area (Å²) < 4.78 is 26.2. The van der Waals surface area contributed by atoms with Gasteiger partial charge in [0.2, 0.25) is 0 Å². The first-order valence-corrected chi connectivity index (χ1v) is 9.81. The molecule has 5 nitrogen and oxygen atoms in total. The van der Waals surface area contributed by atoms with Crippen LogP contribution in [0.15, 0.2) is 66.3 Å². The van der Waals surface area contributed by atoms with Crippen LogP contribution in [0.5, 0.6) is 11.5 Å². The monoisotopic (exact) mass is 399 g/mol. The molecule has 146 valence electrons. The van der Waals surface area contributed by atoms with Crippen LogP contribution in [-0.2, 0) is 12.3 Å². The molecule has 0 radical (unpaired) electrons. The minimum Gasteiger partial charge on any atom is -0.497 e.